The molecule has 1 aliphatic carbocycles. The van der Waals surface area contributed by atoms with E-state index in [0.717, 1.165) is 17.7 Å². The van der Waals surface area contributed by atoms with Crippen LogP contribution in [-0.4, -0.2) is 49.4 Å². The number of thiophene rings is 1. The molecule has 2 unspecified atom stereocenters. The van der Waals surface area contributed by atoms with Crippen LogP contribution < -0.4 is 16.0 Å². The molecule has 8 heteroatoms. The Hall–Kier alpha value is -1.80. The van der Waals surface area contributed by atoms with E-state index in [-0.39, 0.29) is 18.7 Å². The van der Waals surface area contributed by atoms with Gasteiger partial charge in [-0.25, -0.2) is 9.79 Å². The van der Waals surface area contributed by atoms with Gasteiger partial charge in [-0.05, 0) is 51.0 Å². The maximum atomic E-state index is 11.7. The van der Waals surface area contributed by atoms with Crippen molar-refractivity contribution >= 4 is 23.4 Å². The Kier molecular flexibility index (Phi) is 7.71. The van der Waals surface area contributed by atoms with E-state index in [9.17, 15) is 9.90 Å². The molecule has 1 aromatic heterocycles. The van der Waals surface area contributed by atoms with Crippen LogP contribution in [0.2, 0.25) is 0 Å². The fourth-order valence-corrected chi connectivity index (χ4v) is 3.38. The van der Waals surface area contributed by atoms with Crippen molar-refractivity contribution in [3.8, 4) is 0 Å². The second-order valence-electron chi connectivity index (χ2n) is 6.64. The van der Waals surface area contributed by atoms with Gasteiger partial charge in [-0.15, -0.1) is 11.3 Å². The summed E-state index contributed by atoms with van der Waals surface area (Å²) in [6.45, 7) is 7.44. The largest absolute Gasteiger partial charge is 0.450 e. The number of amides is 1. The first kappa shape index (κ1) is 20.5. The molecule has 26 heavy (non-hydrogen) atoms. The van der Waals surface area contributed by atoms with Crippen molar-refractivity contribution < 1.29 is 14.6 Å². The van der Waals surface area contributed by atoms with Crippen molar-refractivity contribution in [1.29, 1.82) is 0 Å². The van der Waals surface area contributed by atoms with Crippen LogP contribution in [-0.2, 0) is 10.3 Å². The number of aliphatic imine (C=N–C) groups is 1. The molecule has 0 saturated heterocycles. The number of guanidine groups is 1. The van der Waals surface area contributed by atoms with E-state index in [2.05, 4.69) is 20.9 Å². The van der Waals surface area contributed by atoms with Crippen molar-refractivity contribution in [2.75, 3.05) is 26.2 Å². The zero-order valence-electron chi connectivity index (χ0n) is 15.7. The summed E-state index contributed by atoms with van der Waals surface area (Å²) < 4.78 is 4.98. The van der Waals surface area contributed by atoms with Gasteiger partial charge in [0.15, 0.2) is 5.96 Å². The third kappa shape index (κ3) is 6.49. The van der Waals surface area contributed by atoms with E-state index < -0.39 is 5.60 Å². The molecule has 0 spiro atoms. The number of hydrogen-bond donors (Lipinski definition) is 4. The van der Waals surface area contributed by atoms with Crippen LogP contribution in [0.3, 0.4) is 0 Å². The lowest BCUT2D eigenvalue weighted by Gasteiger charge is -2.22. The summed E-state index contributed by atoms with van der Waals surface area (Å²) in [5, 5.41) is 21.9. The fraction of sp³-hybridized carbons (Fsp3) is 0.667. The molecule has 0 aliphatic heterocycles. The minimum Gasteiger partial charge on any atom is -0.450 e. The van der Waals surface area contributed by atoms with E-state index in [4.69, 9.17) is 4.74 Å². The number of hydrogen-bond acceptors (Lipinski definition) is 5. The molecule has 7 nitrogen and oxygen atoms in total. The van der Waals surface area contributed by atoms with Gasteiger partial charge in [-0.2, -0.15) is 0 Å². The standard InChI is InChI=1S/C18H30N4O3S/c1-4-19-16(21-12-18(3,24)15-7-6-10-26-15)20-11-14(13-8-9-13)22-17(23)25-5-2/h6-7,10,13-14,24H,4-5,8-9,11-12H2,1-3H3,(H,22,23)(H2,19,20,21). The molecule has 1 aliphatic rings. The molecule has 146 valence electrons. The molecule has 1 aromatic rings. The van der Waals surface area contributed by atoms with Crippen LogP contribution >= 0.6 is 11.3 Å². The molecule has 4 N–H and O–H groups in total. The predicted octanol–water partition coefficient (Wildman–Crippen LogP) is 2.04. The molecule has 1 saturated carbocycles. The Labute approximate surface area is 159 Å². The molecule has 1 fully saturated rings. The molecule has 0 radical (unpaired) electrons. The number of alkyl carbamates (subject to hydrolysis) is 1. The van der Waals surface area contributed by atoms with Crippen molar-refractivity contribution in [3.63, 3.8) is 0 Å². The molecule has 2 rings (SSSR count). The first-order valence-electron chi connectivity index (χ1n) is 9.18. The van der Waals surface area contributed by atoms with Gasteiger partial charge in [0.25, 0.3) is 0 Å². The summed E-state index contributed by atoms with van der Waals surface area (Å²) >= 11 is 1.52. The van der Waals surface area contributed by atoms with E-state index in [0.29, 0.717) is 31.6 Å². The highest BCUT2D eigenvalue weighted by Gasteiger charge is 2.32. The van der Waals surface area contributed by atoms with Crippen LogP contribution in [0, 0.1) is 5.92 Å². The van der Waals surface area contributed by atoms with Gasteiger partial charge in [0.2, 0.25) is 0 Å². The predicted molar refractivity (Wildman–Crippen MR) is 105 cm³/mol. The quantitative estimate of drug-likeness (QED) is 0.387. The molecule has 0 aromatic carbocycles. The second kappa shape index (κ2) is 9.78. The van der Waals surface area contributed by atoms with Crippen LogP contribution in [0.1, 0.15) is 38.5 Å². The van der Waals surface area contributed by atoms with Crippen LogP contribution in [0.5, 0.6) is 0 Å². The molecule has 1 heterocycles. The average molecular weight is 383 g/mol. The van der Waals surface area contributed by atoms with Crippen molar-refractivity contribution in [1.82, 2.24) is 16.0 Å². The van der Waals surface area contributed by atoms with E-state index in [1.807, 2.05) is 24.4 Å². The molecule has 1 amide bonds. The number of carbonyl (C=O) groups is 1. The summed E-state index contributed by atoms with van der Waals surface area (Å²) in [5.41, 5.74) is -1.00. The number of nitrogens with zero attached hydrogens (tertiary/aromatic N) is 1. The van der Waals surface area contributed by atoms with Gasteiger partial charge in [-0.1, -0.05) is 6.07 Å². The number of carbonyl (C=O) groups excluding carboxylic acids is 1. The first-order chi connectivity index (χ1) is 12.5. The molecule has 0 bridgehead atoms. The molecule has 2 atom stereocenters. The number of ether oxygens (including phenoxy) is 1. The van der Waals surface area contributed by atoms with E-state index in [1.54, 1.807) is 13.8 Å². The van der Waals surface area contributed by atoms with Crippen LogP contribution in [0.25, 0.3) is 0 Å². The number of rotatable bonds is 9. The normalized spacial score (nSPS) is 17.9. The smallest absolute Gasteiger partial charge is 0.407 e. The Bertz CT molecular complexity index is 585. The molecular formula is C18H30N4O3S. The number of nitrogens with one attached hydrogen (secondary N) is 3. The monoisotopic (exact) mass is 382 g/mol. The Morgan fingerprint density at radius 1 is 1.46 bits per heavy atom. The SMILES string of the molecule is CCNC(=NCC(C)(O)c1cccs1)NCC(NC(=O)OCC)C1CC1. The highest BCUT2D eigenvalue weighted by Crippen LogP contribution is 2.32. The highest BCUT2D eigenvalue weighted by molar-refractivity contribution is 7.10. The lowest BCUT2D eigenvalue weighted by atomic mass is 10.1. The zero-order valence-corrected chi connectivity index (χ0v) is 16.6. The topological polar surface area (TPSA) is 95.0 Å². The Morgan fingerprint density at radius 2 is 2.23 bits per heavy atom. The third-order valence-electron chi connectivity index (χ3n) is 4.20. The summed E-state index contributed by atoms with van der Waals surface area (Å²) in [7, 11) is 0. The van der Waals surface area contributed by atoms with Gasteiger partial charge in [-0.3, -0.25) is 0 Å². The van der Waals surface area contributed by atoms with Crippen LogP contribution in [0.15, 0.2) is 22.5 Å². The van der Waals surface area contributed by atoms with E-state index >= 15 is 0 Å². The second-order valence-corrected chi connectivity index (χ2v) is 7.58. The van der Waals surface area contributed by atoms with Gasteiger partial charge in [0.05, 0.1) is 19.2 Å². The van der Waals surface area contributed by atoms with Crippen LogP contribution in [0.4, 0.5) is 4.79 Å². The number of aliphatic hydroxyl groups is 1. The average Bonchev–Trinajstić information content (AvgIpc) is 3.28. The summed E-state index contributed by atoms with van der Waals surface area (Å²) in [4.78, 5) is 17.1. The molecular weight excluding hydrogens is 352 g/mol. The lowest BCUT2D eigenvalue weighted by molar-refractivity contribution is 0.0711. The fourth-order valence-electron chi connectivity index (χ4n) is 2.60. The van der Waals surface area contributed by atoms with E-state index in [1.165, 1.54) is 11.3 Å². The van der Waals surface area contributed by atoms with Gasteiger partial charge in [0.1, 0.15) is 5.60 Å². The third-order valence-corrected chi connectivity index (χ3v) is 5.32. The van der Waals surface area contributed by atoms with Crippen molar-refractivity contribution in [2.45, 2.75) is 45.3 Å². The summed E-state index contributed by atoms with van der Waals surface area (Å²) in [6.07, 6.45) is 1.84. The summed E-state index contributed by atoms with van der Waals surface area (Å²) in [6, 6.07) is 3.84. The van der Waals surface area contributed by atoms with Crippen molar-refractivity contribution in [3.05, 3.63) is 22.4 Å². The Morgan fingerprint density at radius 3 is 2.81 bits per heavy atom. The zero-order chi connectivity index (χ0) is 19.0. The highest BCUT2D eigenvalue weighted by atomic mass is 32.1. The lowest BCUT2D eigenvalue weighted by Crippen LogP contribution is -2.48. The first-order valence-corrected chi connectivity index (χ1v) is 10.1. The van der Waals surface area contributed by atoms with Gasteiger partial charge in [0, 0.05) is 18.0 Å². The van der Waals surface area contributed by atoms with Gasteiger partial charge < -0.3 is 25.8 Å². The van der Waals surface area contributed by atoms with Crippen molar-refractivity contribution in [2.24, 2.45) is 10.9 Å². The maximum Gasteiger partial charge on any atom is 0.407 e. The maximum absolute atomic E-state index is 11.7. The minimum absolute atomic E-state index is 0.00992. The minimum atomic E-state index is -1.00. The summed E-state index contributed by atoms with van der Waals surface area (Å²) in [5.74, 6) is 1.10. The van der Waals surface area contributed by atoms with Gasteiger partial charge >= 0.3 is 6.09 Å². The Balaban J connectivity index is 1.92.